The molecule has 0 spiro atoms. The summed E-state index contributed by atoms with van der Waals surface area (Å²) in [6.07, 6.45) is 10.7. The van der Waals surface area contributed by atoms with Crippen molar-refractivity contribution in [2.24, 2.45) is 0 Å². The Balaban J connectivity index is 2.36. The molecule has 1 aliphatic heterocycles. The second kappa shape index (κ2) is 6.13. The number of H-pyrrole nitrogens is 1. The van der Waals surface area contributed by atoms with Gasteiger partial charge in [0.2, 0.25) is 0 Å². The molecule has 1 unspecified atom stereocenters. The third-order valence-electron chi connectivity index (χ3n) is 3.37. The average molecular weight is 296 g/mol. The number of aromatic amines is 1. The maximum absolute atomic E-state index is 12.0. The number of rotatable bonds is 5. The van der Waals surface area contributed by atoms with Crippen LogP contribution in [0.3, 0.4) is 0 Å². The first kappa shape index (κ1) is 14.7. The highest BCUT2D eigenvalue weighted by molar-refractivity contribution is 6.17. The molecule has 2 N–H and O–H groups in total. The van der Waals surface area contributed by atoms with Crippen molar-refractivity contribution in [1.82, 2.24) is 14.9 Å². The first-order chi connectivity index (χ1) is 9.57. The number of allylic oxidation sites excluding steroid dienone is 2. The number of aromatic nitrogens is 2. The molecule has 0 aliphatic carbocycles. The first-order valence-electron chi connectivity index (χ1n) is 6.59. The minimum Gasteiger partial charge on any atom is -0.378 e. The minimum absolute atomic E-state index is 0.362. The number of hydrogen-bond acceptors (Lipinski definition) is 3. The third kappa shape index (κ3) is 3.04. The first-order valence-corrected chi connectivity index (χ1v) is 7.12. The van der Waals surface area contributed by atoms with Gasteiger partial charge in [-0.15, -0.1) is 11.6 Å². The monoisotopic (exact) mass is 295 g/mol. The van der Waals surface area contributed by atoms with Crippen molar-refractivity contribution in [3.8, 4) is 0 Å². The van der Waals surface area contributed by atoms with Crippen LogP contribution in [-0.4, -0.2) is 15.4 Å². The van der Waals surface area contributed by atoms with Gasteiger partial charge in [0.05, 0.1) is 11.1 Å². The second-order valence-electron chi connectivity index (χ2n) is 4.96. The van der Waals surface area contributed by atoms with E-state index in [4.69, 9.17) is 11.6 Å². The zero-order chi connectivity index (χ0) is 14.6. The Morgan fingerprint density at radius 2 is 2.10 bits per heavy atom. The molecule has 0 aromatic carbocycles. The van der Waals surface area contributed by atoms with Gasteiger partial charge in [-0.2, -0.15) is 0 Å². The molecule has 1 aliphatic rings. The van der Waals surface area contributed by atoms with Crippen molar-refractivity contribution in [3.63, 3.8) is 0 Å². The van der Waals surface area contributed by atoms with Gasteiger partial charge in [-0.25, -0.2) is 4.79 Å². The summed E-state index contributed by atoms with van der Waals surface area (Å²) in [5.74, 6) is 0.567. The van der Waals surface area contributed by atoms with Crippen molar-refractivity contribution in [1.29, 1.82) is 0 Å². The van der Waals surface area contributed by atoms with Crippen LogP contribution in [-0.2, 0) is 12.1 Å². The van der Waals surface area contributed by atoms with Crippen LogP contribution in [0.2, 0.25) is 0 Å². The number of alkyl halides is 1. The SMILES string of the molecule is CC1(c2cn(CCCCCl)c(=O)[nH]c2=O)C=CC=CN1. The van der Waals surface area contributed by atoms with Crippen LogP contribution in [0, 0.1) is 0 Å². The van der Waals surface area contributed by atoms with Gasteiger partial charge in [-0.3, -0.25) is 9.78 Å². The van der Waals surface area contributed by atoms with Crippen molar-refractivity contribution < 1.29 is 0 Å². The number of dihydropyridines is 1. The van der Waals surface area contributed by atoms with Crippen LogP contribution < -0.4 is 16.6 Å². The van der Waals surface area contributed by atoms with Crippen molar-refractivity contribution >= 4 is 11.6 Å². The number of nitrogens with zero attached hydrogens (tertiary/aromatic N) is 1. The number of hydrogen-bond donors (Lipinski definition) is 2. The molecule has 20 heavy (non-hydrogen) atoms. The summed E-state index contributed by atoms with van der Waals surface area (Å²) in [4.78, 5) is 26.2. The molecule has 5 nitrogen and oxygen atoms in total. The highest BCUT2D eigenvalue weighted by Crippen LogP contribution is 2.20. The van der Waals surface area contributed by atoms with Gasteiger partial charge < -0.3 is 9.88 Å². The number of unbranched alkanes of at least 4 members (excludes halogenated alkanes) is 1. The Kier molecular flexibility index (Phi) is 4.49. The lowest BCUT2D eigenvalue weighted by atomic mass is 9.92. The largest absolute Gasteiger partial charge is 0.378 e. The van der Waals surface area contributed by atoms with Crippen LogP contribution >= 0.6 is 11.6 Å². The summed E-state index contributed by atoms with van der Waals surface area (Å²) >= 11 is 5.64. The molecule has 1 aromatic heterocycles. The molecular formula is C14H18ClN3O2. The zero-order valence-corrected chi connectivity index (χ0v) is 12.1. The fourth-order valence-corrected chi connectivity index (χ4v) is 2.35. The Hall–Kier alpha value is -1.75. The molecular weight excluding hydrogens is 278 g/mol. The van der Waals surface area contributed by atoms with Crippen LogP contribution in [0.4, 0.5) is 0 Å². The highest BCUT2D eigenvalue weighted by Gasteiger charge is 2.27. The van der Waals surface area contributed by atoms with E-state index < -0.39 is 5.54 Å². The maximum atomic E-state index is 12.0. The Labute approximate surface area is 122 Å². The summed E-state index contributed by atoms with van der Waals surface area (Å²) < 4.78 is 1.53. The topological polar surface area (TPSA) is 66.9 Å². The van der Waals surface area contributed by atoms with Gasteiger partial charge in [0, 0.05) is 18.6 Å². The van der Waals surface area contributed by atoms with E-state index in [-0.39, 0.29) is 11.2 Å². The number of nitrogens with one attached hydrogen (secondary N) is 2. The van der Waals surface area contributed by atoms with E-state index >= 15 is 0 Å². The van der Waals surface area contributed by atoms with E-state index in [1.165, 1.54) is 4.57 Å². The van der Waals surface area contributed by atoms with Gasteiger partial charge in [-0.05, 0) is 32.0 Å². The lowest BCUT2D eigenvalue weighted by molar-refractivity contribution is 0.498. The maximum Gasteiger partial charge on any atom is 0.328 e. The predicted octanol–water partition coefficient (Wildman–Crippen LogP) is 1.44. The highest BCUT2D eigenvalue weighted by atomic mass is 35.5. The Bertz CT molecular complexity index is 645. The summed E-state index contributed by atoms with van der Waals surface area (Å²) in [5.41, 5.74) is -0.834. The minimum atomic E-state index is -0.607. The fraction of sp³-hybridized carbons (Fsp3) is 0.429. The summed E-state index contributed by atoms with van der Waals surface area (Å²) in [7, 11) is 0. The van der Waals surface area contributed by atoms with Gasteiger partial charge in [0.1, 0.15) is 0 Å². The van der Waals surface area contributed by atoms with Crippen molar-refractivity contribution in [3.05, 3.63) is 57.0 Å². The molecule has 0 fully saturated rings. The smallest absolute Gasteiger partial charge is 0.328 e. The van der Waals surface area contributed by atoms with Gasteiger partial charge in [0.25, 0.3) is 5.56 Å². The van der Waals surface area contributed by atoms with Gasteiger partial charge in [-0.1, -0.05) is 12.2 Å². The van der Waals surface area contributed by atoms with Crippen LogP contribution in [0.1, 0.15) is 25.3 Å². The average Bonchev–Trinajstić information content (AvgIpc) is 2.42. The molecule has 0 amide bonds. The molecule has 0 bridgehead atoms. The second-order valence-corrected chi connectivity index (χ2v) is 5.33. The van der Waals surface area contributed by atoms with Crippen LogP contribution in [0.5, 0.6) is 0 Å². The van der Waals surface area contributed by atoms with Gasteiger partial charge >= 0.3 is 5.69 Å². The van der Waals surface area contributed by atoms with E-state index in [0.717, 1.165) is 12.8 Å². The Morgan fingerprint density at radius 3 is 2.75 bits per heavy atom. The number of aryl methyl sites for hydroxylation is 1. The molecule has 108 valence electrons. The standard InChI is InChI=1S/C14H18ClN3O2/c1-14(6-2-4-8-16-14)11-10-18(9-5-3-7-15)13(20)17-12(11)19/h2,4,6,8,10,16H,3,5,7,9H2,1H3,(H,17,19,20). The lowest BCUT2D eigenvalue weighted by Crippen LogP contribution is -2.43. The normalized spacial score (nSPS) is 20.9. The molecule has 0 radical (unpaired) electrons. The lowest BCUT2D eigenvalue weighted by Gasteiger charge is -2.28. The summed E-state index contributed by atoms with van der Waals surface area (Å²) in [6, 6.07) is 0. The van der Waals surface area contributed by atoms with E-state index in [0.29, 0.717) is 18.0 Å². The van der Waals surface area contributed by atoms with E-state index in [2.05, 4.69) is 10.3 Å². The molecule has 0 saturated carbocycles. The summed E-state index contributed by atoms with van der Waals surface area (Å²) in [6.45, 7) is 2.44. The molecule has 1 atom stereocenters. The van der Waals surface area contributed by atoms with Crippen molar-refractivity contribution in [2.75, 3.05) is 5.88 Å². The molecule has 2 rings (SSSR count). The van der Waals surface area contributed by atoms with Crippen LogP contribution in [0.15, 0.2) is 40.2 Å². The quantitative estimate of drug-likeness (QED) is 0.638. The Morgan fingerprint density at radius 1 is 1.30 bits per heavy atom. The fourth-order valence-electron chi connectivity index (χ4n) is 2.16. The van der Waals surface area contributed by atoms with E-state index in [1.807, 2.05) is 25.2 Å². The van der Waals surface area contributed by atoms with E-state index in [9.17, 15) is 9.59 Å². The number of halogens is 1. The molecule has 1 aromatic rings. The van der Waals surface area contributed by atoms with E-state index in [1.54, 1.807) is 12.4 Å². The molecule has 0 saturated heterocycles. The molecule has 6 heteroatoms. The zero-order valence-electron chi connectivity index (χ0n) is 11.4. The van der Waals surface area contributed by atoms with Gasteiger partial charge in [0.15, 0.2) is 0 Å². The van der Waals surface area contributed by atoms with Crippen molar-refractivity contribution in [2.45, 2.75) is 31.8 Å². The predicted molar refractivity (Wildman–Crippen MR) is 80.0 cm³/mol. The summed E-state index contributed by atoms with van der Waals surface area (Å²) in [5, 5.41) is 3.14. The third-order valence-corrected chi connectivity index (χ3v) is 3.64. The van der Waals surface area contributed by atoms with Crippen LogP contribution in [0.25, 0.3) is 0 Å². The molecule has 2 heterocycles.